The SMILES string of the molecule is CCn1cnc(S(=O)(=O)NC2CCC(NC)CC2)c1. The van der Waals surface area contributed by atoms with Crippen molar-refractivity contribution in [2.75, 3.05) is 7.05 Å². The Bertz CT molecular complexity index is 504. The van der Waals surface area contributed by atoms with Crippen molar-refractivity contribution in [1.82, 2.24) is 19.6 Å². The smallest absolute Gasteiger partial charge is 0.259 e. The molecule has 0 saturated heterocycles. The van der Waals surface area contributed by atoms with Gasteiger partial charge in [0.25, 0.3) is 10.0 Å². The quantitative estimate of drug-likeness (QED) is 0.836. The predicted molar refractivity (Wildman–Crippen MR) is 73.3 cm³/mol. The molecule has 108 valence electrons. The molecule has 2 N–H and O–H groups in total. The molecule has 0 aromatic carbocycles. The summed E-state index contributed by atoms with van der Waals surface area (Å²) in [5.74, 6) is 0. The van der Waals surface area contributed by atoms with Crippen LogP contribution in [0.25, 0.3) is 0 Å². The molecule has 1 saturated carbocycles. The number of aromatic nitrogens is 2. The van der Waals surface area contributed by atoms with E-state index in [9.17, 15) is 8.42 Å². The molecule has 0 unspecified atom stereocenters. The second-order valence-electron chi connectivity index (χ2n) is 5.00. The van der Waals surface area contributed by atoms with Crippen LogP contribution in [-0.2, 0) is 16.6 Å². The van der Waals surface area contributed by atoms with Gasteiger partial charge in [-0.1, -0.05) is 0 Å². The van der Waals surface area contributed by atoms with E-state index in [1.807, 2.05) is 14.0 Å². The zero-order valence-corrected chi connectivity index (χ0v) is 12.3. The van der Waals surface area contributed by atoms with Crippen LogP contribution in [0.4, 0.5) is 0 Å². The van der Waals surface area contributed by atoms with Crippen molar-refractivity contribution in [3.63, 3.8) is 0 Å². The van der Waals surface area contributed by atoms with Gasteiger partial charge in [0, 0.05) is 24.8 Å². The van der Waals surface area contributed by atoms with Gasteiger partial charge in [-0.3, -0.25) is 0 Å². The highest BCUT2D eigenvalue weighted by molar-refractivity contribution is 7.89. The van der Waals surface area contributed by atoms with Gasteiger partial charge in [-0.25, -0.2) is 18.1 Å². The highest BCUT2D eigenvalue weighted by Gasteiger charge is 2.26. The molecule has 7 heteroatoms. The van der Waals surface area contributed by atoms with Crippen LogP contribution in [-0.4, -0.2) is 37.1 Å². The summed E-state index contributed by atoms with van der Waals surface area (Å²) >= 11 is 0. The highest BCUT2D eigenvalue weighted by Crippen LogP contribution is 2.20. The molecule has 2 rings (SSSR count). The lowest BCUT2D eigenvalue weighted by molar-refractivity contribution is 0.342. The van der Waals surface area contributed by atoms with Crippen LogP contribution in [0.3, 0.4) is 0 Å². The van der Waals surface area contributed by atoms with Crippen LogP contribution in [0, 0.1) is 0 Å². The Labute approximate surface area is 114 Å². The zero-order chi connectivity index (χ0) is 13.9. The third kappa shape index (κ3) is 3.55. The van der Waals surface area contributed by atoms with Gasteiger partial charge >= 0.3 is 0 Å². The summed E-state index contributed by atoms with van der Waals surface area (Å²) in [6.45, 7) is 2.67. The molecule has 1 aromatic rings. The van der Waals surface area contributed by atoms with E-state index >= 15 is 0 Å². The van der Waals surface area contributed by atoms with Gasteiger partial charge in [0.05, 0.1) is 6.33 Å². The summed E-state index contributed by atoms with van der Waals surface area (Å²) in [6.07, 6.45) is 6.88. The van der Waals surface area contributed by atoms with E-state index in [-0.39, 0.29) is 11.1 Å². The number of rotatable bonds is 5. The van der Waals surface area contributed by atoms with E-state index < -0.39 is 10.0 Å². The summed E-state index contributed by atoms with van der Waals surface area (Å²) in [7, 11) is -1.52. The number of imidazole rings is 1. The van der Waals surface area contributed by atoms with Crippen LogP contribution in [0.2, 0.25) is 0 Å². The summed E-state index contributed by atoms with van der Waals surface area (Å²) in [5.41, 5.74) is 0. The average molecular weight is 286 g/mol. The summed E-state index contributed by atoms with van der Waals surface area (Å²) in [6, 6.07) is 0.543. The summed E-state index contributed by atoms with van der Waals surface area (Å²) in [5, 5.41) is 3.35. The second kappa shape index (κ2) is 6.02. The standard InChI is InChI=1S/C12H22N4O2S/c1-3-16-8-12(14-9-16)19(17,18)15-11-6-4-10(13-2)5-7-11/h8-11,13,15H,3-7H2,1-2H3. The van der Waals surface area contributed by atoms with Crippen molar-refractivity contribution in [3.8, 4) is 0 Å². The van der Waals surface area contributed by atoms with Gasteiger partial charge in [-0.05, 0) is 39.7 Å². The van der Waals surface area contributed by atoms with E-state index in [1.165, 1.54) is 0 Å². The van der Waals surface area contributed by atoms with Gasteiger partial charge in [0.15, 0.2) is 5.03 Å². The largest absolute Gasteiger partial charge is 0.336 e. The van der Waals surface area contributed by atoms with Crippen molar-refractivity contribution in [2.45, 2.75) is 56.3 Å². The lowest BCUT2D eigenvalue weighted by Crippen LogP contribution is -2.41. The van der Waals surface area contributed by atoms with Crippen LogP contribution in [0.5, 0.6) is 0 Å². The van der Waals surface area contributed by atoms with Gasteiger partial charge in [-0.2, -0.15) is 0 Å². The molecule has 19 heavy (non-hydrogen) atoms. The van der Waals surface area contributed by atoms with Crippen molar-refractivity contribution in [2.24, 2.45) is 0 Å². The molecule has 0 atom stereocenters. The van der Waals surface area contributed by atoms with Gasteiger partial charge < -0.3 is 9.88 Å². The summed E-state index contributed by atoms with van der Waals surface area (Å²) < 4.78 is 28.9. The molecule has 1 aliphatic rings. The molecule has 1 fully saturated rings. The molecule has 1 aliphatic carbocycles. The van der Waals surface area contributed by atoms with E-state index in [0.717, 1.165) is 32.2 Å². The molecular weight excluding hydrogens is 264 g/mol. The third-order valence-corrected chi connectivity index (χ3v) is 5.11. The fourth-order valence-corrected chi connectivity index (χ4v) is 3.69. The van der Waals surface area contributed by atoms with Crippen LogP contribution < -0.4 is 10.0 Å². The Morgan fingerprint density at radius 3 is 2.47 bits per heavy atom. The maximum atomic E-state index is 12.2. The molecule has 0 bridgehead atoms. The third-order valence-electron chi connectivity index (χ3n) is 3.71. The normalized spacial score (nSPS) is 24.5. The number of hydrogen-bond donors (Lipinski definition) is 2. The van der Waals surface area contributed by atoms with Crippen LogP contribution in [0.1, 0.15) is 32.6 Å². The number of aryl methyl sites for hydroxylation is 1. The molecule has 1 aromatic heterocycles. The van der Waals surface area contributed by atoms with Crippen LogP contribution >= 0.6 is 0 Å². The number of sulfonamides is 1. The average Bonchev–Trinajstić information content (AvgIpc) is 2.89. The number of nitrogens with zero attached hydrogens (tertiary/aromatic N) is 2. The van der Waals surface area contributed by atoms with E-state index in [2.05, 4.69) is 15.0 Å². The maximum Gasteiger partial charge on any atom is 0.259 e. The van der Waals surface area contributed by atoms with Gasteiger partial charge in [-0.15, -0.1) is 0 Å². The first kappa shape index (κ1) is 14.5. The first-order valence-corrected chi connectivity index (χ1v) is 8.25. The highest BCUT2D eigenvalue weighted by atomic mass is 32.2. The monoisotopic (exact) mass is 286 g/mol. The van der Waals surface area contributed by atoms with Crippen LogP contribution in [0.15, 0.2) is 17.6 Å². The Hall–Kier alpha value is -0.920. The van der Waals surface area contributed by atoms with E-state index in [1.54, 1.807) is 17.1 Å². The molecule has 6 nitrogen and oxygen atoms in total. The molecule has 0 aliphatic heterocycles. The van der Waals surface area contributed by atoms with Crippen molar-refractivity contribution >= 4 is 10.0 Å². The van der Waals surface area contributed by atoms with Crippen molar-refractivity contribution in [3.05, 3.63) is 12.5 Å². The molecule has 0 spiro atoms. The fourth-order valence-electron chi connectivity index (χ4n) is 2.43. The Morgan fingerprint density at radius 1 is 1.32 bits per heavy atom. The lowest BCUT2D eigenvalue weighted by Gasteiger charge is -2.28. The maximum absolute atomic E-state index is 12.2. The summed E-state index contributed by atoms with van der Waals surface area (Å²) in [4.78, 5) is 3.96. The van der Waals surface area contributed by atoms with Gasteiger partial charge in [0.2, 0.25) is 0 Å². The molecule has 0 radical (unpaired) electrons. The lowest BCUT2D eigenvalue weighted by atomic mass is 9.92. The van der Waals surface area contributed by atoms with Crippen molar-refractivity contribution in [1.29, 1.82) is 0 Å². The predicted octanol–water partition coefficient (Wildman–Crippen LogP) is 0.712. The Kier molecular flexibility index (Phi) is 4.59. The number of nitrogens with one attached hydrogen (secondary N) is 2. The van der Waals surface area contributed by atoms with Crippen molar-refractivity contribution < 1.29 is 8.42 Å². The van der Waals surface area contributed by atoms with E-state index in [0.29, 0.717) is 6.04 Å². The minimum atomic E-state index is -3.48. The minimum absolute atomic E-state index is 0.0291. The minimum Gasteiger partial charge on any atom is -0.336 e. The van der Waals surface area contributed by atoms with E-state index in [4.69, 9.17) is 0 Å². The Balaban J connectivity index is 1.98. The molecule has 1 heterocycles. The second-order valence-corrected chi connectivity index (χ2v) is 6.66. The zero-order valence-electron chi connectivity index (χ0n) is 11.5. The molecule has 0 amide bonds. The number of hydrogen-bond acceptors (Lipinski definition) is 4. The first-order valence-electron chi connectivity index (χ1n) is 6.76. The topological polar surface area (TPSA) is 76.0 Å². The fraction of sp³-hybridized carbons (Fsp3) is 0.750. The molecular formula is C12H22N4O2S. The first-order chi connectivity index (χ1) is 9.05. The van der Waals surface area contributed by atoms with Gasteiger partial charge in [0.1, 0.15) is 0 Å². The Morgan fingerprint density at radius 2 is 1.95 bits per heavy atom.